The molecule has 1 amide bonds. The molecule has 146 valence electrons. The van der Waals surface area contributed by atoms with E-state index < -0.39 is 24.0 Å². The topological polar surface area (TPSA) is 124 Å². The van der Waals surface area contributed by atoms with Crippen molar-refractivity contribution in [3.8, 4) is 0 Å². The van der Waals surface area contributed by atoms with Crippen molar-refractivity contribution in [2.24, 2.45) is 5.73 Å². The van der Waals surface area contributed by atoms with Crippen LogP contribution in [0.4, 0.5) is 0 Å². The average molecular weight is 375 g/mol. The van der Waals surface area contributed by atoms with Crippen LogP contribution in [0, 0.1) is 0 Å². The highest BCUT2D eigenvalue weighted by Crippen LogP contribution is 2.19. The molecule has 1 aromatic heterocycles. The summed E-state index contributed by atoms with van der Waals surface area (Å²) >= 11 is 0. The Hall–Kier alpha value is -2.87. The van der Waals surface area contributed by atoms with Crippen molar-refractivity contribution in [3.05, 3.63) is 36.0 Å². The quantitative estimate of drug-likeness (QED) is 0.563. The predicted octanol–water partition coefficient (Wildman–Crippen LogP) is 1.04. The van der Waals surface area contributed by atoms with Crippen LogP contribution in [0.5, 0.6) is 0 Å². The first kappa shape index (κ1) is 20.4. The smallest absolute Gasteiger partial charge is 0.328 e. The second kappa shape index (κ2) is 9.72. The summed E-state index contributed by atoms with van der Waals surface area (Å²) in [6, 6.07) is 5.98. The molecule has 0 aliphatic carbocycles. The van der Waals surface area contributed by atoms with Gasteiger partial charge in [0.1, 0.15) is 12.1 Å². The number of para-hydroxylation sites is 1. The maximum Gasteiger partial charge on any atom is 0.328 e. The van der Waals surface area contributed by atoms with E-state index in [1.54, 1.807) is 6.92 Å². The van der Waals surface area contributed by atoms with Gasteiger partial charge in [0.15, 0.2) is 0 Å². The Morgan fingerprint density at radius 3 is 2.67 bits per heavy atom. The highest BCUT2D eigenvalue weighted by atomic mass is 16.5. The number of hydrogen-bond acceptors (Lipinski definition) is 6. The molecule has 8 heteroatoms. The molecular formula is C19H25N3O5. The molecule has 27 heavy (non-hydrogen) atoms. The van der Waals surface area contributed by atoms with E-state index in [4.69, 9.17) is 15.2 Å². The van der Waals surface area contributed by atoms with E-state index in [0.717, 1.165) is 16.5 Å². The summed E-state index contributed by atoms with van der Waals surface area (Å²) in [5.41, 5.74) is 7.53. The van der Waals surface area contributed by atoms with Gasteiger partial charge < -0.3 is 25.5 Å². The molecule has 4 N–H and O–H groups in total. The summed E-state index contributed by atoms with van der Waals surface area (Å²) in [6.45, 7) is 1.91. The lowest BCUT2D eigenvalue weighted by Crippen LogP contribution is -2.43. The summed E-state index contributed by atoms with van der Waals surface area (Å²) in [4.78, 5) is 39.0. The summed E-state index contributed by atoms with van der Waals surface area (Å²) < 4.78 is 9.62. The number of hydrogen-bond donors (Lipinski definition) is 3. The second-order valence-electron chi connectivity index (χ2n) is 6.10. The number of ether oxygens (including phenoxy) is 2. The van der Waals surface area contributed by atoms with Crippen LogP contribution in [-0.4, -0.2) is 48.6 Å². The third-order valence-corrected chi connectivity index (χ3v) is 4.19. The first-order valence-corrected chi connectivity index (χ1v) is 8.80. The Morgan fingerprint density at radius 1 is 1.22 bits per heavy atom. The number of fused-ring (bicyclic) bond motifs is 1. The van der Waals surface area contributed by atoms with Crippen LogP contribution in [0.1, 0.15) is 25.3 Å². The van der Waals surface area contributed by atoms with Gasteiger partial charge in [-0.25, -0.2) is 4.79 Å². The van der Waals surface area contributed by atoms with E-state index in [-0.39, 0.29) is 31.8 Å². The zero-order valence-corrected chi connectivity index (χ0v) is 15.5. The maximum absolute atomic E-state index is 12.2. The van der Waals surface area contributed by atoms with E-state index in [2.05, 4.69) is 10.3 Å². The van der Waals surface area contributed by atoms with Crippen LogP contribution in [0.2, 0.25) is 0 Å². The Bertz CT molecular complexity index is 801. The first-order valence-electron chi connectivity index (χ1n) is 8.80. The van der Waals surface area contributed by atoms with Crippen molar-refractivity contribution < 1.29 is 23.9 Å². The van der Waals surface area contributed by atoms with Gasteiger partial charge in [0.25, 0.3) is 0 Å². The Labute approximate surface area is 157 Å². The molecule has 0 bridgehead atoms. The van der Waals surface area contributed by atoms with Gasteiger partial charge in [-0.2, -0.15) is 0 Å². The Morgan fingerprint density at radius 2 is 1.96 bits per heavy atom. The van der Waals surface area contributed by atoms with Crippen LogP contribution in [0.15, 0.2) is 30.5 Å². The Kier molecular flexibility index (Phi) is 7.36. The maximum atomic E-state index is 12.2. The number of nitrogens with one attached hydrogen (secondary N) is 2. The zero-order chi connectivity index (χ0) is 19.8. The van der Waals surface area contributed by atoms with Gasteiger partial charge in [-0.05, 0) is 25.0 Å². The number of amides is 1. The highest BCUT2D eigenvalue weighted by molar-refractivity contribution is 5.87. The van der Waals surface area contributed by atoms with Crippen molar-refractivity contribution in [2.75, 3.05) is 13.7 Å². The minimum Gasteiger partial charge on any atom is -0.467 e. The number of methoxy groups -OCH3 is 1. The number of carbonyl (C=O) groups is 3. The number of carbonyl (C=O) groups excluding carboxylic acids is 3. The van der Waals surface area contributed by atoms with Crippen LogP contribution >= 0.6 is 0 Å². The van der Waals surface area contributed by atoms with Crippen LogP contribution < -0.4 is 11.1 Å². The van der Waals surface area contributed by atoms with E-state index >= 15 is 0 Å². The molecule has 2 aromatic rings. The molecule has 0 fully saturated rings. The lowest BCUT2D eigenvalue weighted by Gasteiger charge is -2.17. The lowest BCUT2D eigenvalue weighted by molar-refractivity contribution is -0.146. The molecule has 0 saturated carbocycles. The minimum absolute atomic E-state index is 0.00135. The van der Waals surface area contributed by atoms with Gasteiger partial charge >= 0.3 is 11.9 Å². The highest BCUT2D eigenvalue weighted by Gasteiger charge is 2.24. The van der Waals surface area contributed by atoms with E-state index in [0.29, 0.717) is 0 Å². The summed E-state index contributed by atoms with van der Waals surface area (Å²) in [5, 5.41) is 3.64. The van der Waals surface area contributed by atoms with Gasteiger partial charge in [-0.15, -0.1) is 0 Å². The van der Waals surface area contributed by atoms with E-state index in [9.17, 15) is 14.4 Å². The number of aromatic amines is 1. The predicted molar refractivity (Wildman–Crippen MR) is 99.8 cm³/mol. The van der Waals surface area contributed by atoms with Gasteiger partial charge in [0.05, 0.1) is 13.7 Å². The first-order chi connectivity index (χ1) is 13.0. The van der Waals surface area contributed by atoms with Crippen LogP contribution in [0.3, 0.4) is 0 Å². The summed E-state index contributed by atoms with van der Waals surface area (Å²) in [7, 11) is 1.27. The molecule has 0 saturated heterocycles. The third-order valence-electron chi connectivity index (χ3n) is 4.19. The third kappa shape index (κ3) is 5.55. The fourth-order valence-corrected chi connectivity index (χ4v) is 2.78. The lowest BCUT2D eigenvalue weighted by atomic mass is 10.0. The molecule has 2 rings (SSSR count). The number of aromatic nitrogens is 1. The summed E-state index contributed by atoms with van der Waals surface area (Å²) in [6.07, 6.45) is 2.22. The van der Waals surface area contributed by atoms with E-state index in [1.807, 2.05) is 30.5 Å². The molecule has 1 heterocycles. The van der Waals surface area contributed by atoms with Gasteiger partial charge in [-0.3, -0.25) is 9.59 Å². The molecule has 8 nitrogen and oxygen atoms in total. The number of benzene rings is 1. The molecular weight excluding hydrogens is 350 g/mol. The molecule has 0 aliphatic heterocycles. The van der Waals surface area contributed by atoms with Crippen molar-refractivity contribution in [2.45, 2.75) is 38.3 Å². The largest absolute Gasteiger partial charge is 0.467 e. The van der Waals surface area contributed by atoms with E-state index in [1.165, 1.54) is 7.11 Å². The normalized spacial score (nSPS) is 13.0. The SMILES string of the molecule is CCOC(=O)C(N)CCC(=O)NC(Cc1c[nH]c2ccccc12)C(=O)OC. The van der Waals surface area contributed by atoms with Gasteiger partial charge in [-0.1, -0.05) is 18.2 Å². The average Bonchev–Trinajstić information content (AvgIpc) is 3.08. The fraction of sp³-hybridized carbons (Fsp3) is 0.421. The number of esters is 2. The number of nitrogens with two attached hydrogens (primary N) is 1. The fourth-order valence-electron chi connectivity index (χ4n) is 2.78. The van der Waals surface area contributed by atoms with Crippen LogP contribution in [-0.2, 0) is 30.3 Å². The second-order valence-corrected chi connectivity index (χ2v) is 6.10. The number of rotatable bonds is 9. The summed E-state index contributed by atoms with van der Waals surface area (Å²) in [5.74, 6) is -1.47. The molecule has 0 aliphatic rings. The zero-order valence-electron chi connectivity index (χ0n) is 15.5. The molecule has 1 aromatic carbocycles. The van der Waals surface area contributed by atoms with Crippen molar-refractivity contribution >= 4 is 28.7 Å². The number of H-pyrrole nitrogens is 1. The van der Waals surface area contributed by atoms with Gasteiger partial charge in [0, 0.05) is 29.9 Å². The van der Waals surface area contributed by atoms with Crippen molar-refractivity contribution in [1.82, 2.24) is 10.3 Å². The standard InChI is InChI=1S/C19H25N3O5/c1-3-27-18(24)14(20)8-9-17(23)22-16(19(25)26-2)10-12-11-21-15-7-5-4-6-13(12)15/h4-7,11,14,16,21H,3,8-10,20H2,1-2H3,(H,22,23). The Balaban J connectivity index is 1.99. The molecule has 2 unspecified atom stereocenters. The monoisotopic (exact) mass is 375 g/mol. The molecule has 2 atom stereocenters. The van der Waals surface area contributed by atoms with Gasteiger partial charge in [0.2, 0.25) is 5.91 Å². The van der Waals surface area contributed by atoms with Crippen molar-refractivity contribution in [3.63, 3.8) is 0 Å². The molecule has 0 radical (unpaired) electrons. The van der Waals surface area contributed by atoms with Crippen molar-refractivity contribution in [1.29, 1.82) is 0 Å². The molecule has 0 spiro atoms. The minimum atomic E-state index is -0.874. The van der Waals surface area contributed by atoms with Crippen LogP contribution in [0.25, 0.3) is 10.9 Å².